The van der Waals surface area contributed by atoms with Gasteiger partial charge >= 0.3 is 0 Å². The number of rotatable bonds is 3. The summed E-state index contributed by atoms with van der Waals surface area (Å²) in [6, 6.07) is 0.467. The first-order chi connectivity index (χ1) is 6.27. The molecule has 1 fully saturated rings. The highest BCUT2D eigenvalue weighted by Gasteiger charge is 2.20. The minimum absolute atomic E-state index is 0.467. The third-order valence-electron chi connectivity index (χ3n) is 2.23. The van der Waals surface area contributed by atoms with Crippen LogP contribution in [0.2, 0.25) is 0 Å². The van der Waals surface area contributed by atoms with Crippen LogP contribution in [0.3, 0.4) is 0 Å². The predicted octanol–water partition coefficient (Wildman–Crippen LogP) is 2.04. The molecule has 0 aromatic carbocycles. The number of terminal acetylenes is 1. The maximum Gasteiger partial charge on any atom is 0.0576 e. The van der Waals surface area contributed by atoms with Crippen LogP contribution in [0.4, 0.5) is 0 Å². The van der Waals surface area contributed by atoms with E-state index in [0.29, 0.717) is 12.6 Å². The summed E-state index contributed by atoms with van der Waals surface area (Å²) in [5, 5.41) is 3.28. The normalized spacial score (nSPS) is 24.7. The van der Waals surface area contributed by atoms with Gasteiger partial charge in [-0.15, -0.1) is 6.42 Å². The molecule has 1 rings (SSSR count). The van der Waals surface area contributed by atoms with Crippen molar-refractivity contribution >= 4 is 0 Å². The summed E-state index contributed by atoms with van der Waals surface area (Å²) in [5.41, 5.74) is 2.50. The van der Waals surface area contributed by atoms with Crippen LogP contribution < -0.4 is 5.32 Å². The summed E-state index contributed by atoms with van der Waals surface area (Å²) >= 11 is 0. The number of hydrogen-bond donors (Lipinski definition) is 1. The summed E-state index contributed by atoms with van der Waals surface area (Å²) in [4.78, 5) is 0. The van der Waals surface area contributed by atoms with Crippen molar-refractivity contribution in [1.82, 2.24) is 5.32 Å². The van der Waals surface area contributed by atoms with E-state index in [1.165, 1.54) is 11.1 Å². The molecule has 1 N–H and O–H groups in total. The first-order valence-electron chi connectivity index (χ1n) is 4.44. The Morgan fingerprint density at radius 2 is 2.38 bits per heavy atom. The van der Waals surface area contributed by atoms with E-state index >= 15 is 0 Å². The number of allylic oxidation sites excluding steroid dienone is 2. The maximum atomic E-state index is 5.17. The molecule has 0 amide bonds. The molecule has 0 spiro atoms. The molecule has 0 heterocycles. The maximum absolute atomic E-state index is 5.17. The van der Waals surface area contributed by atoms with Crippen LogP contribution in [-0.2, 0) is 0 Å². The van der Waals surface area contributed by atoms with Crippen LogP contribution in [-0.4, -0.2) is 12.6 Å². The Bertz CT molecular complexity index is 278. The second-order valence-electron chi connectivity index (χ2n) is 3.22. The molecule has 0 aromatic rings. The summed E-state index contributed by atoms with van der Waals surface area (Å²) in [5.74, 6) is 2.58. The zero-order valence-corrected chi connectivity index (χ0v) is 7.84. The SMILES string of the molecule is C#CCNC1CC(=C)/C(=C\C=C)C1. The first-order valence-corrected chi connectivity index (χ1v) is 4.44. The molecular formula is C12H15N. The van der Waals surface area contributed by atoms with Gasteiger partial charge in [0.2, 0.25) is 0 Å². The Hall–Kier alpha value is -1.26. The van der Waals surface area contributed by atoms with Gasteiger partial charge in [-0.05, 0) is 18.4 Å². The Morgan fingerprint density at radius 3 is 3.00 bits per heavy atom. The van der Waals surface area contributed by atoms with E-state index < -0.39 is 0 Å². The molecule has 1 atom stereocenters. The Labute approximate surface area is 80.2 Å². The molecule has 0 aliphatic heterocycles. The average Bonchev–Trinajstić information content (AvgIpc) is 2.45. The molecule has 1 aliphatic rings. The molecule has 0 radical (unpaired) electrons. The second kappa shape index (κ2) is 4.69. The van der Waals surface area contributed by atoms with Gasteiger partial charge in [-0.2, -0.15) is 0 Å². The largest absolute Gasteiger partial charge is 0.303 e. The fourth-order valence-corrected chi connectivity index (χ4v) is 1.59. The average molecular weight is 173 g/mol. The minimum atomic E-state index is 0.467. The lowest BCUT2D eigenvalue weighted by Crippen LogP contribution is -2.26. The summed E-state index contributed by atoms with van der Waals surface area (Å²) in [7, 11) is 0. The van der Waals surface area contributed by atoms with Crippen molar-refractivity contribution in [2.45, 2.75) is 18.9 Å². The van der Waals surface area contributed by atoms with Crippen LogP contribution in [0, 0.1) is 12.3 Å². The second-order valence-corrected chi connectivity index (χ2v) is 3.22. The lowest BCUT2D eigenvalue weighted by molar-refractivity contribution is 0.580. The van der Waals surface area contributed by atoms with Crippen LogP contribution in [0.15, 0.2) is 36.5 Å². The van der Waals surface area contributed by atoms with Crippen LogP contribution in [0.1, 0.15) is 12.8 Å². The molecule has 13 heavy (non-hydrogen) atoms. The molecule has 0 bridgehead atoms. The monoisotopic (exact) mass is 173 g/mol. The lowest BCUT2D eigenvalue weighted by atomic mass is 10.1. The van der Waals surface area contributed by atoms with Crippen LogP contribution in [0.25, 0.3) is 0 Å². The van der Waals surface area contributed by atoms with Crippen molar-refractivity contribution in [3.8, 4) is 12.3 Å². The van der Waals surface area contributed by atoms with Gasteiger partial charge in [0, 0.05) is 6.04 Å². The van der Waals surface area contributed by atoms with Gasteiger partial charge in [0.25, 0.3) is 0 Å². The topological polar surface area (TPSA) is 12.0 Å². The lowest BCUT2D eigenvalue weighted by Gasteiger charge is -2.06. The van der Waals surface area contributed by atoms with Crippen molar-refractivity contribution in [2.24, 2.45) is 0 Å². The van der Waals surface area contributed by atoms with E-state index in [-0.39, 0.29) is 0 Å². The minimum Gasteiger partial charge on any atom is -0.303 e. The van der Waals surface area contributed by atoms with Crippen LogP contribution >= 0.6 is 0 Å². The summed E-state index contributed by atoms with van der Waals surface area (Å²) in [6.07, 6.45) is 11.0. The van der Waals surface area contributed by atoms with E-state index in [4.69, 9.17) is 6.42 Å². The molecular weight excluding hydrogens is 158 g/mol. The fourth-order valence-electron chi connectivity index (χ4n) is 1.59. The zero-order chi connectivity index (χ0) is 9.68. The summed E-state index contributed by atoms with van der Waals surface area (Å²) < 4.78 is 0. The van der Waals surface area contributed by atoms with Crippen molar-refractivity contribution in [2.75, 3.05) is 6.54 Å². The molecule has 1 unspecified atom stereocenters. The van der Waals surface area contributed by atoms with Crippen LogP contribution in [0.5, 0.6) is 0 Å². The predicted molar refractivity (Wildman–Crippen MR) is 57.3 cm³/mol. The Balaban J connectivity index is 2.51. The Morgan fingerprint density at radius 1 is 1.62 bits per heavy atom. The van der Waals surface area contributed by atoms with Crippen molar-refractivity contribution in [3.05, 3.63) is 36.5 Å². The molecule has 0 saturated heterocycles. The third kappa shape index (κ3) is 2.61. The van der Waals surface area contributed by atoms with Gasteiger partial charge in [-0.1, -0.05) is 36.8 Å². The quantitative estimate of drug-likeness (QED) is 0.644. The molecule has 1 aliphatic carbocycles. The van der Waals surface area contributed by atoms with Gasteiger partial charge in [0.1, 0.15) is 0 Å². The van der Waals surface area contributed by atoms with E-state index in [0.717, 1.165) is 12.8 Å². The van der Waals surface area contributed by atoms with E-state index in [2.05, 4.69) is 24.4 Å². The van der Waals surface area contributed by atoms with Gasteiger partial charge in [0.15, 0.2) is 0 Å². The zero-order valence-electron chi connectivity index (χ0n) is 7.84. The van der Waals surface area contributed by atoms with Crippen molar-refractivity contribution in [1.29, 1.82) is 0 Å². The molecule has 1 heteroatoms. The molecule has 68 valence electrons. The van der Waals surface area contributed by atoms with Gasteiger partial charge in [-0.3, -0.25) is 0 Å². The standard InChI is InChI=1S/C12H15N/c1-4-6-11-9-12(8-10(11)3)13-7-5-2/h2,4,6,12-13H,1,3,7-9H2/b11-6-. The van der Waals surface area contributed by atoms with E-state index in [1.54, 1.807) is 0 Å². The fraction of sp³-hybridized carbons (Fsp3) is 0.333. The highest BCUT2D eigenvalue weighted by Crippen LogP contribution is 2.29. The first kappa shape index (κ1) is 9.83. The van der Waals surface area contributed by atoms with Gasteiger partial charge in [-0.25, -0.2) is 0 Å². The van der Waals surface area contributed by atoms with Gasteiger partial charge < -0.3 is 5.32 Å². The smallest absolute Gasteiger partial charge is 0.0576 e. The van der Waals surface area contributed by atoms with E-state index in [9.17, 15) is 0 Å². The van der Waals surface area contributed by atoms with E-state index in [1.807, 2.05) is 12.2 Å². The van der Waals surface area contributed by atoms with Crippen molar-refractivity contribution in [3.63, 3.8) is 0 Å². The summed E-state index contributed by atoms with van der Waals surface area (Å²) in [6.45, 7) is 8.32. The highest BCUT2D eigenvalue weighted by molar-refractivity contribution is 5.37. The molecule has 1 nitrogen and oxygen atoms in total. The Kier molecular flexibility index (Phi) is 3.54. The number of hydrogen-bond acceptors (Lipinski definition) is 1. The molecule has 1 saturated carbocycles. The van der Waals surface area contributed by atoms with Gasteiger partial charge in [0.05, 0.1) is 6.54 Å². The highest BCUT2D eigenvalue weighted by atomic mass is 14.9. The third-order valence-corrected chi connectivity index (χ3v) is 2.23. The van der Waals surface area contributed by atoms with Crippen molar-refractivity contribution < 1.29 is 0 Å². The number of nitrogens with one attached hydrogen (secondary N) is 1. The molecule has 0 aromatic heterocycles.